The molecule has 0 amide bonds. The molecule has 5 rings (SSSR count). The van der Waals surface area contributed by atoms with Gasteiger partial charge >= 0.3 is 5.97 Å². The lowest BCUT2D eigenvalue weighted by molar-refractivity contribution is -0.166. The van der Waals surface area contributed by atoms with Crippen LogP contribution in [-0.2, 0) is 9.53 Å². The summed E-state index contributed by atoms with van der Waals surface area (Å²) >= 11 is 0. The van der Waals surface area contributed by atoms with Crippen molar-refractivity contribution in [2.45, 2.75) is 51.6 Å². The minimum Gasteiger partial charge on any atom is -0.456 e. The van der Waals surface area contributed by atoms with Crippen LogP contribution in [0.5, 0.6) is 0 Å². The fourth-order valence-electron chi connectivity index (χ4n) is 7.57. The van der Waals surface area contributed by atoms with Gasteiger partial charge in [0.25, 0.3) is 0 Å². The molecule has 114 valence electrons. The molecule has 9 atom stereocenters. The summed E-state index contributed by atoms with van der Waals surface area (Å²) < 4.78 is 5.95. The molecule has 5 saturated carbocycles. The first-order valence-corrected chi connectivity index (χ1v) is 8.88. The standard InChI is InChI=1S/C19H26O2/c1-9(2)18(20)21-19(3)8-10-6-15(19)17-14-7-13(16(10)17)11-4-5-12(11)14/h10-17H,1,4-8H2,2-3H3. The van der Waals surface area contributed by atoms with E-state index in [0.29, 0.717) is 11.5 Å². The SMILES string of the molecule is C=C(C)C(=O)OC1(C)CC2CC1C1C3CC(C4CCC43)C21. The van der Waals surface area contributed by atoms with E-state index in [2.05, 4.69) is 13.5 Å². The van der Waals surface area contributed by atoms with Gasteiger partial charge in [0.2, 0.25) is 0 Å². The van der Waals surface area contributed by atoms with E-state index >= 15 is 0 Å². The van der Waals surface area contributed by atoms with Crippen molar-refractivity contribution in [1.29, 1.82) is 0 Å². The number of carbonyl (C=O) groups is 1. The second-order valence-electron chi connectivity index (χ2n) is 8.91. The zero-order valence-electron chi connectivity index (χ0n) is 13.2. The molecule has 0 saturated heterocycles. The maximum Gasteiger partial charge on any atom is 0.333 e. The molecular formula is C19H26O2. The van der Waals surface area contributed by atoms with Crippen LogP contribution in [0, 0.1) is 47.3 Å². The largest absolute Gasteiger partial charge is 0.456 e. The summed E-state index contributed by atoms with van der Waals surface area (Å²) in [6.07, 6.45) is 6.92. The average Bonchev–Trinajstić information content (AvgIpc) is 3.02. The third-order valence-electron chi connectivity index (χ3n) is 8.15. The lowest BCUT2D eigenvalue weighted by Crippen LogP contribution is -2.50. The zero-order chi connectivity index (χ0) is 14.5. The summed E-state index contributed by atoms with van der Waals surface area (Å²) in [6.45, 7) is 7.72. The van der Waals surface area contributed by atoms with E-state index < -0.39 is 0 Å². The van der Waals surface area contributed by atoms with E-state index in [1.54, 1.807) is 6.92 Å². The second-order valence-corrected chi connectivity index (χ2v) is 8.91. The number of carbonyl (C=O) groups excluding carboxylic acids is 1. The van der Waals surface area contributed by atoms with Crippen LogP contribution < -0.4 is 0 Å². The van der Waals surface area contributed by atoms with Gasteiger partial charge in [-0.3, -0.25) is 0 Å². The number of hydrogen-bond donors (Lipinski definition) is 0. The van der Waals surface area contributed by atoms with Crippen LogP contribution in [0.1, 0.15) is 46.0 Å². The molecule has 5 aliphatic carbocycles. The van der Waals surface area contributed by atoms with Crippen LogP contribution in [0.25, 0.3) is 0 Å². The highest BCUT2D eigenvalue weighted by atomic mass is 16.6. The van der Waals surface area contributed by atoms with Crippen molar-refractivity contribution in [1.82, 2.24) is 0 Å². The third-order valence-corrected chi connectivity index (χ3v) is 8.15. The Morgan fingerprint density at radius 2 is 1.76 bits per heavy atom. The molecule has 2 nitrogen and oxygen atoms in total. The van der Waals surface area contributed by atoms with Crippen LogP contribution in [-0.4, -0.2) is 11.6 Å². The number of rotatable bonds is 2. The van der Waals surface area contributed by atoms with E-state index in [4.69, 9.17) is 4.74 Å². The summed E-state index contributed by atoms with van der Waals surface area (Å²) in [6, 6.07) is 0. The Kier molecular flexibility index (Phi) is 2.27. The molecule has 5 fully saturated rings. The van der Waals surface area contributed by atoms with Gasteiger partial charge in [0.15, 0.2) is 0 Å². The first-order chi connectivity index (χ1) is 9.99. The van der Waals surface area contributed by atoms with Gasteiger partial charge in [-0.15, -0.1) is 0 Å². The molecule has 0 aromatic carbocycles. The molecule has 0 aliphatic heterocycles. The highest BCUT2D eigenvalue weighted by Gasteiger charge is 2.71. The zero-order valence-corrected chi connectivity index (χ0v) is 13.2. The van der Waals surface area contributed by atoms with Crippen molar-refractivity contribution < 1.29 is 9.53 Å². The number of fused-ring (bicyclic) bond motifs is 12. The Morgan fingerprint density at radius 1 is 1.10 bits per heavy atom. The monoisotopic (exact) mass is 286 g/mol. The molecule has 0 spiro atoms. The van der Waals surface area contributed by atoms with Gasteiger partial charge in [0.1, 0.15) is 5.60 Å². The maximum atomic E-state index is 12.0. The van der Waals surface area contributed by atoms with Crippen LogP contribution in [0.3, 0.4) is 0 Å². The molecule has 2 heteroatoms. The van der Waals surface area contributed by atoms with Crippen molar-refractivity contribution in [2.75, 3.05) is 0 Å². The lowest BCUT2D eigenvalue weighted by Gasteiger charge is -2.52. The predicted octanol–water partition coefficient (Wildman–Crippen LogP) is 3.81. The fourth-order valence-corrected chi connectivity index (χ4v) is 7.57. The van der Waals surface area contributed by atoms with Gasteiger partial charge in [-0.25, -0.2) is 4.79 Å². The molecule has 0 heterocycles. The van der Waals surface area contributed by atoms with Crippen molar-refractivity contribution in [3.8, 4) is 0 Å². The molecule has 0 radical (unpaired) electrons. The summed E-state index contributed by atoms with van der Waals surface area (Å²) in [5.41, 5.74) is 0.341. The van der Waals surface area contributed by atoms with E-state index in [1.807, 2.05) is 0 Å². The van der Waals surface area contributed by atoms with E-state index in [0.717, 1.165) is 47.8 Å². The van der Waals surface area contributed by atoms with E-state index in [9.17, 15) is 4.79 Å². The normalized spacial score (nSPS) is 58.6. The van der Waals surface area contributed by atoms with Crippen LogP contribution >= 0.6 is 0 Å². The smallest absolute Gasteiger partial charge is 0.333 e. The van der Waals surface area contributed by atoms with Gasteiger partial charge in [0, 0.05) is 11.5 Å². The van der Waals surface area contributed by atoms with Gasteiger partial charge < -0.3 is 4.74 Å². The summed E-state index contributed by atoms with van der Waals surface area (Å²) in [7, 11) is 0. The van der Waals surface area contributed by atoms with Gasteiger partial charge in [0.05, 0.1) is 0 Å². The maximum absolute atomic E-state index is 12.0. The van der Waals surface area contributed by atoms with Gasteiger partial charge in [-0.1, -0.05) is 6.58 Å². The van der Waals surface area contributed by atoms with Crippen molar-refractivity contribution in [2.24, 2.45) is 47.3 Å². The minimum absolute atomic E-state index is 0.175. The Bertz CT molecular complexity index is 538. The van der Waals surface area contributed by atoms with Crippen LogP contribution in [0.4, 0.5) is 0 Å². The van der Waals surface area contributed by atoms with E-state index in [1.165, 1.54) is 25.7 Å². The van der Waals surface area contributed by atoms with Crippen molar-refractivity contribution >= 4 is 5.97 Å². The number of hydrogen-bond acceptors (Lipinski definition) is 2. The van der Waals surface area contributed by atoms with Crippen molar-refractivity contribution in [3.63, 3.8) is 0 Å². The Labute approximate surface area is 127 Å². The Balaban J connectivity index is 1.43. The lowest BCUT2D eigenvalue weighted by atomic mass is 9.55. The molecular weight excluding hydrogens is 260 g/mol. The molecule has 0 aromatic rings. The van der Waals surface area contributed by atoms with E-state index in [-0.39, 0.29) is 11.6 Å². The second kappa shape index (κ2) is 3.75. The Morgan fingerprint density at radius 3 is 2.38 bits per heavy atom. The predicted molar refractivity (Wildman–Crippen MR) is 80.3 cm³/mol. The molecule has 5 aliphatic rings. The molecule has 0 aromatic heterocycles. The number of esters is 1. The third kappa shape index (κ3) is 1.38. The van der Waals surface area contributed by atoms with Crippen LogP contribution in [0.2, 0.25) is 0 Å². The Hall–Kier alpha value is -0.790. The van der Waals surface area contributed by atoms with Crippen molar-refractivity contribution in [3.05, 3.63) is 12.2 Å². The summed E-state index contributed by atoms with van der Waals surface area (Å²) in [4.78, 5) is 12.0. The summed E-state index contributed by atoms with van der Waals surface area (Å²) in [5, 5.41) is 0. The van der Waals surface area contributed by atoms with Crippen LogP contribution in [0.15, 0.2) is 12.2 Å². The first kappa shape index (κ1) is 12.7. The molecule has 21 heavy (non-hydrogen) atoms. The quantitative estimate of drug-likeness (QED) is 0.438. The van der Waals surface area contributed by atoms with Gasteiger partial charge in [-0.05, 0) is 87.4 Å². The summed E-state index contributed by atoms with van der Waals surface area (Å²) in [5.74, 6) is 7.28. The van der Waals surface area contributed by atoms with Gasteiger partial charge in [-0.2, -0.15) is 0 Å². The highest BCUT2D eigenvalue weighted by molar-refractivity contribution is 5.87. The number of ether oxygens (including phenoxy) is 1. The molecule has 4 bridgehead atoms. The molecule has 0 N–H and O–H groups in total. The first-order valence-electron chi connectivity index (χ1n) is 8.88. The minimum atomic E-state index is -0.203. The fraction of sp³-hybridized carbons (Fsp3) is 0.842. The highest BCUT2D eigenvalue weighted by Crippen LogP contribution is 2.75. The molecule has 9 unspecified atom stereocenters. The topological polar surface area (TPSA) is 26.3 Å². The average molecular weight is 286 g/mol.